The molecular formula is C19H31N3O. The Balaban J connectivity index is 2.10. The van der Waals surface area contributed by atoms with Crippen molar-refractivity contribution in [3.8, 4) is 0 Å². The summed E-state index contributed by atoms with van der Waals surface area (Å²) < 4.78 is 0. The fourth-order valence-corrected chi connectivity index (χ4v) is 3.16. The second-order valence-electron chi connectivity index (χ2n) is 6.88. The molecule has 0 spiro atoms. The Hall–Kier alpha value is -1.55. The fourth-order valence-electron chi connectivity index (χ4n) is 3.16. The summed E-state index contributed by atoms with van der Waals surface area (Å²) in [5.74, 6) is 0.451. The van der Waals surface area contributed by atoms with Crippen LogP contribution >= 0.6 is 0 Å². The highest BCUT2D eigenvalue weighted by molar-refractivity contribution is 5.98. The van der Waals surface area contributed by atoms with Gasteiger partial charge in [-0.15, -0.1) is 0 Å². The van der Waals surface area contributed by atoms with Gasteiger partial charge < -0.3 is 15.5 Å². The van der Waals surface area contributed by atoms with E-state index in [2.05, 4.69) is 42.8 Å². The van der Waals surface area contributed by atoms with Crippen LogP contribution in [0.4, 0.5) is 5.69 Å². The lowest BCUT2D eigenvalue weighted by atomic mass is 9.97. The van der Waals surface area contributed by atoms with Crippen molar-refractivity contribution < 1.29 is 4.79 Å². The van der Waals surface area contributed by atoms with Crippen molar-refractivity contribution in [3.05, 3.63) is 29.3 Å². The number of hydrogen-bond acceptors (Lipinski definition) is 3. The van der Waals surface area contributed by atoms with Crippen molar-refractivity contribution in [3.63, 3.8) is 0 Å². The maximum absolute atomic E-state index is 11.8. The lowest BCUT2D eigenvalue weighted by molar-refractivity contribution is 0.100. The van der Waals surface area contributed by atoms with Crippen molar-refractivity contribution in [2.45, 2.75) is 39.5 Å². The lowest BCUT2D eigenvalue weighted by Gasteiger charge is -2.33. The van der Waals surface area contributed by atoms with E-state index in [9.17, 15) is 4.79 Å². The molecule has 2 N–H and O–H groups in total. The zero-order chi connectivity index (χ0) is 16.8. The van der Waals surface area contributed by atoms with Crippen LogP contribution in [0.1, 0.15) is 49.0 Å². The number of amides is 1. The Bertz CT molecular complexity index is 521. The highest BCUT2D eigenvalue weighted by Gasteiger charge is 2.20. The number of aryl methyl sites for hydroxylation is 1. The summed E-state index contributed by atoms with van der Waals surface area (Å²) in [6.45, 7) is 8.69. The van der Waals surface area contributed by atoms with Gasteiger partial charge in [-0.3, -0.25) is 4.79 Å². The van der Waals surface area contributed by atoms with Gasteiger partial charge in [-0.05, 0) is 69.4 Å². The maximum atomic E-state index is 11.8. The molecule has 1 aliphatic heterocycles. The SMILES string of the molecule is CCN(C)CCCc1ccc(C(N)=O)c(N2CCC(C)CC2)c1. The number of anilines is 1. The number of rotatable bonds is 7. The number of carbonyl (C=O) groups excluding carboxylic acids is 1. The first-order valence-electron chi connectivity index (χ1n) is 8.87. The van der Waals surface area contributed by atoms with Gasteiger partial charge in [-0.2, -0.15) is 0 Å². The van der Waals surface area contributed by atoms with Crippen molar-refractivity contribution in [2.75, 3.05) is 38.1 Å². The van der Waals surface area contributed by atoms with E-state index in [-0.39, 0.29) is 5.91 Å². The minimum Gasteiger partial charge on any atom is -0.371 e. The highest BCUT2D eigenvalue weighted by Crippen LogP contribution is 2.27. The first-order valence-corrected chi connectivity index (χ1v) is 8.87. The van der Waals surface area contributed by atoms with Gasteiger partial charge >= 0.3 is 0 Å². The maximum Gasteiger partial charge on any atom is 0.250 e. The summed E-state index contributed by atoms with van der Waals surface area (Å²) in [4.78, 5) is 16.4. The molecule has 23 heavy (non-hydrogen) atoms. The molecule has 0 aliphatic carbocycles. The molecule has 0 radical (unpaired) electrons. The van der Waals surface area contributed by atoms with Crippen LogP contribution in [0.25, 0.3) is 0 Å². The number of carbonyl (C=O) groups is 1. The molecule has 0 unspecified atom stereocenters. The average Bonchev–Trinajstić information content (AvgIpc) is 2.55. The molecule has 1 fully saturated rings. The highest BCUT2D eigenvalue weighted by atomic mass is 16.1. The molecule has 128 valence electrons. The van der Waals surface area contributed by atoms with Crippen LogP contribution in [0.15, 0.2) is 18.2 Å². The molecule has 0 bridgehead atoms. The Morgan fingerprint density at radius 3 is 2.65 bits per heavy atom. The van der Waals surface area contributed by atoms with Gasteiger partial charge in [0.05, 0.1) is 5.56 Å². The Morgan fingerprint density at radius 2 is 2.04 bits per heavy atom. The smallest absolute Gasteiger partial charge is 0.250 e. The van der Waals surface area contributed by atoms with Gasteiger partial charge in [0.2, 0.25) is 0 Å². The largest absolute Gasteiger partial charge is 0.371 e. The van der Waals surface area contributed by atoms with E-state index in [4.69, 9.17) is 5.73 Å². The molecule has 1 amide bonds. The van der Waals surface area contributed by atoms with Crippen molar-refractivity contribution >= 4 is 11.6 Å². The number of primary amides is 1. The van der Waals surface area contributed by atoms with Gasteiger partial charge in [-0.25, -0.2) is 0 Å². The van der Waals surface area contributed by atoms with E-state index in [0.717, 1.165) is 50.6 Å². The molecule has 1 heterocycles. The first-order chi connectivity index (χ1) is 11.0. The van der Waals surface area contributed by atoms with Crippen LogP contribution in [-0.2, 0) is 6.42 Å². The quantitative estimate of drug-likeness (QED) is 0.841. The number of piperidine rings is 1. The zero-order valence-corrected chi connectivity index (χ0v) is 14.8. The van der Waals surface area contributed by atoms with Crippen molar-refractivity contribution in [1.82, 2.24) is 4.90 Å². The molecule has 2 rings (SSSR count). The minimum atomic E-state index is -0.323. The molecule has 1 aromatic rings. The molecule has 4 heteroatoms. The van der Waals surface area contributed by atoms with Gasteiger partial charge in [0.1, 0.15) is 0 Å². The van der Waals surface area contributed by atoms with Crippen molar-refractivity contribution in [1.29, 1.82) is 0 Å². The second-order valence-corrected chi connectivity index (χ2v) is 6.88. The zero-order valence-electron chi connectivity index (χ0n) is 14.8. The summed E-state index contributed by atoms with van der Waals surface area (Å²) in [7, 11) is 2.15. The van der Waals surface area contributed by atoms with E-state index in [1.54, 1.807) is 0 Å². The van der Waals surface area contributed by atoms with Crippen LogP contribution in [0, 0.1) is 5.92 Å². The van der Waals surface area contributed by atoms with Gasteiger partial charge in [0.25, 0.3) is 5.91 Å². The molecule has 0 atom stereocenters. The van der Waals surface area contributed by atoms with E-state index in [0.29, 0.717) is 5.56 Å². The summed E-state index contributed by atoms with van der Waals surface area (Å²) in [6.07, 6.45) is 4.55. The van der Waals surface area contributed by atoms with E-state index in [1.807, 2.05) is 6.07 Å². The van der Waals surface area contributed by atoms with Crippen LogP contribution < -0.4 is 10.6 Å². The molecular weight excluding hydrogens is 286 g/mol. The predicted molar refractivity (Wildman–Crippen MR) is 97.1 cm³/mol. The summed E-state index contributed by atoms with van der Waals surface area (Å²) in [5.41, 5.74) is 8.58. The summed E-state index contributed by atoms with van der Waals surface area (Å²) in [6, 6.07) is 6.15. The third-order valence-electron chi connectivity index (χ3n) is 5.00. The molecule has 4 nitrogen and oxygen atoms in total. The van der Waals surface area contributed by atoms with Gasteiger partial charge in [-0.1, -0.05) is 19.9 Å². The summed E-state index contributed by atoms with van der Waals surface area (Å²) >= 11 is 0. The Morgan fingerprint density at radius 1 is 1.35 bits per heavy atom. The molecule has 0 aromatic heterocycles. The predicted octanol–water partition coefficient (Wildman–Crippen LogP) is 2.91. The number of nitrogens with two attached hydrogens (primary N) is 1. The average molecular weight is 317 g/mol. The van der Waals surface area contributed by atoms with Crippen LogP contribution in [0.5, 0.6) is 0 Å². The number of nitrogens with zero attached hydrogens (tertiary/aromatic N) is 2. The topological polar surface area (TPSA) is 49.6 Å². The van der Waals surface area contributed by atoms with Gasteiger partial charge in [0.15, 0.2) is 0 Å². The van der Waals surface area contributed by atoms with Gasteiger partial charge in [0, 0.05) is 18.8 Å². The fraction of sp³-hybridized carbons (Fsp3) is 0.632. The number of hydrogen-bond donors (Lipinski definition) is 1. The molecule has 0 saturated carbocycles. The molecule has 1 saturated heterocycles. The second kappa shape index (κ2) is 8.34. The third kappa shape index (κ3) is 4.96. The Labute approximate surface area is 140 Å². The number of benzene rings is 1. The lowest BCUT2D eigenvalue weighted by Crippen LogP contribution is -2.34. The molecule has 1 aromatic carbocycles. The first kappa shape index (κ1) is 17.8. The van der Waals surface area contributed by atoms with Crippen LogP contribution in [-0.4, -0.2) is 44.0 Å². The van der Waals surface area contributed by atoms with E-state index in [1.165, 1.54) is 18.4 Å². The van der Waals surface area contributed by atoms with E-state index < -0.39 is 0 Å². The standard InChI is InChI=1S/C19H31N3O/c1-4-21(3)11-5-6-16-7-8-17(19(20)23)18(14-16)22-12-9-15(2)10-13-22/h7-8,14-15H,4-6,9-13H2,1-3H3,(H2,20,23). The summed E-state index contributed by atoms with van der Waals surface area (Å²) in [5, 5.41) is 0. The molecule has 1 aliphatic rings. The van der Waals surface area contributed by atoms with E-state index >= 15 is 0 Å². The Kier molecular flexibility index (Phi) is 6.46. The normalized spacial score (nSPS) is 16.1. The minimum absolute atomic E-state index is 0.323. The van der Waals surface area contributed by atoms with Crippen LogP contribution in [0.3, 0.4) is 0 Å². The monoisotopic (exact) mass is 317 g/mol. The van der Waals surface area contributed by atoms with Crippen LogP contribution in [0.2, 0.25) is 0 Å². The third-order valence-corrected chi connectivity index (χ3v) is 5.00. The van der Waals surface area contributed by atoms with Crippen molar-refractivity contribution in [2.24, 2.45) is 11.7 Å².